The van der Waals surface area contributed by atoms with Crippen LogP contribution in [0.4, 0.5) is 0 Å². The number of aliphatic hydroxyl groups is 1. The number of hydrogen-bond acceptors (Lipinski definition) is 5. The first-order valence-electron chi connectivity index (χ1n) is 2.47. The highest BCUT2D eigenvalue weighted by Crippen LogP contribution is 2.12. The van der Waals surface area contributed by atoms with E-state index >= 15 is 0 Å². The second-order valence-electron chi connectivity index (χ2n) is 1.72. The maximum Gasteiger partial charge on any atom is 0.239 e. The van der Waals surface area contributed by atoms with E-state index in [-0.39, 0.29) is 4.91 Å². The number of nitrogens with zero attached hydrogens (tertiary/aromatic N) is 1. The lowest BCUT2D eigenvalue weighted by Crippen LogP contribution is -2.22. The van der Waals surface area contributed by atoms with Gasteiger partial charge in [-0.1, -0.05) is 0 Å². The summed E-state index contributed by atoms with van der Waals surface area (Å²) in [5, 5.41) is 8.00. The average Bonchev–Trinajstić information content (AvgIpc) is 2.10. The second-order valence-corrected chi connectivity index (χ2v) is 3.67. The number of rotatable bonds is 1. The van der Waals surface area contributed by atoms with Gasteiger partial charge < -0.3 is 10.8 Å². The highest BCUT2D eigenvalue weighted by molar-refractivity contribution is 8.09. The zero-order valence-corrected chi connectivity index (χ0v) is 5.80. The molecule has 1 heterocycles. The Kier molecular flexibility index (Phi) is 1.49. The van der Waals surface area contributed by atoms with Crippen LogP contribution in [0.2, 0.25) is 0 Å². The van der Waals surface area contributed by atoms with Crippen LogP contribution in [0.15, 0.2) is 16.1 Å². The normalized spacial score (nSPS) is 22.1. The number of amidine groups is 1. The number of nitrogens with two attached hydrogens (primary N) is 1. The Hall–Kier alpha value is -0.880. The van der Waals surface area contributed by atoms with Crippen molar-refractivity contribution in [3.8, 4) is 0 Å². The number of sulfone groups is 1. The van der Waals surface area contributed by atoms with E-state index in [1.807, 2.05) is 0 Å². The van der Waals surface area contributed by atoms with Crippen molar-refractivity contribution in [2.24, 2.45) is 10.7 Å². The molecular weight excluding hydrogens is 156 g/mol. The first kappa shape index (κ1) is 7.23. The van der Waals surface area contributed by atoms with Crippen molar-refractivity contribution in [1.82, 2.24) is 0 Å². The molecule has 6 heteroatoms. The van der Waals surface area contributed by atoms with Crippen molar-refractivity contribution in [2.75, 3.05) is 6.61 Å². The predicted octanol–water partition coefficient (Wildman–Crippen LogP) is -1.44. The minimum Gasteiger partial charge on any atom is -0.391 e. The topological polar surface area (TPSA) is 92.8 Å². The van der Waals surface area contributed by atoms with Crippen LogP contribution in [0, 0.1) is 0 Å². The Labute approximate surface area is 57.8 Å². The number of aliphatic hydroxyl groups excluding tert-OH is 1. The fourth-order valence-electron chi connectivity index (χ4n) is 0.535. The van der Waals surface area contributed by atoms with Gasteiger partial charge in [0.25, 0.3) is 0 Å². The SMILES string of the molecule is NC1=NC=C(CO)S1(=O)=O. The molecule has 56 valence electrons. The summed E-state index contributed by atoms with van der Waals surface area (Å²) >= 11 is 0. The van der Waals surface area contributed by atoms with Crippen LogP contribution in [0.3, 0.4) is 0 Å². The van der Waals surface area contributed by atoms with Gasteiger partial charge in [0.05, 0.1) is 11.5 Å². The van der Waals surface area contributed by atoms with Gasteiger partial charge in [-0.05, 0) is 0 Å². The molecule has 0 saturated heterocycles. The van der Waals surface area contributed by atoms with Crippen LogP contribution >= 0.6 is 0 Å². The zero-order valence-electron chi connectivity index (χ0n) is 4.98. The van der Waals surface area contributed by atoms with E-state index in [2.05, 4.69) is 4.99 Å². The van der Waals surface area contributed by atoms with Crippen molar-refractivity contribution in [3.05, 3.63) is 11.1 Å². The zero-order chi connectivity index (χ0) is 7.78. The third-order valence-electron chi connectivity index (χ3n) is 1.11. The van der Waals surface area contributed by atoms with Crippen LogP contribution < -0.4 is 5.73 Å². The lowest BCUT2D eigenvalue weighted by atomic mass is 10.6. The molecule has 0 amide bonds. The van der Waals surface area contributed by atoms with E-state index < -0.39 is 21.6 Å². The first-order chi connectivity index (χ1) is 4.59. The molecule has 0 aliphatic carbocycles. The van der Waals surface area contributed by atoms with E-state index in [0.29, 0.717) is 0 Å². The molecule has 0 saturated carbocycles. The molecule has 0 spiro atoms. The third kappa shape index (κ3) is 0.812. The molecule has 1 rings (SSSR count). The van der Waals surface area contributed by atoms with Gasteiger partial charge in [-0.25, -0.2) is 13.4 Å². The maximum atomic E-state index is 10.8. The molecule has 0 aromatic carbocycles. The summed E-state index contributed by atoms with van der Waals surface area (Å²) in [5.41, 5.74) is 4.98. The van der Waals surface area contributed by atoms with Crippen molar-refractivity contribution >= 4 is 15.0 Å². The number of hydrogen-bond donors (Lipinski definition) is 2. The van der Waals surface area contributed by atoms with Crippen LogP contribution in [-0.4, -0.2) is 25.3 Å². The lowest BCUT2D eigenvalue weighted by molar-refractivity contribution is 0.338. The van der Waals surface area contributed by atoms with Crippen molar-refractivity contribution in [2.45, 2.75) is 0 Å². The summed E-state index contributed by atoms with van der Waals surface area (Å²) in [4.78, 5) is 3.18. The van der Waals surface area contributed by atoms with Crippen LogP contribution in [0.1, 0.15) is 0 Å². The molecule has 1 aliphatic rings. The maximum absolute atomic E-state index is 10.8. The minimum absolute atomic E-state index is 0.148. The molecule has 10 heavy (non-hydrogen) atoms. The van der Waals surface area contributed by atoms with Gasteiger partial charge in [0.15, 0.2) is 0 Å². The predicted molar refractivity (Wildman–Crippen MR) is 35.7 cm³/mol. The van der Waals surface area contributed by atoms with E-state index in [0.717, 1.165) is 6.20 Å². The molecule has 0 radical (unpaired) electrons. The molecule has 0 unspecified atom stereocenters. The van der Waals surface area contributed by atoms with E-state index in [1.54, 1.807) is 0 Å². The molecule has 0 aromatic heterocycles. The highest BCUT2D eigenvalue weighted by Gasteiger charge is 2.25. The van der Waals surface area contributed by atoms with E-state index in [4.69, 9.17) is 10.8 Å². The Morgan fingerprint density at radius 3 is 2.50 bits per heavy atom. The Morgan fingerprint density at radius 2 is 2.30 bits per heavy atom. The number of aliphatic imine (C=N–C) groups is 1. The van der Waals surface area contributed by atoms with Gasteiger partial charge in [0.2, 0.25) is 15.0 Å². The van der Waals surface area contributed by atoms with E-state index in [1.165, 1.54) is 0 Å². The van der Waals surface area contributed by atoms with Gasteiger partial charge >= 0.3 is 0 Å². The summed E-state index contributed by atoms with van der Waals surface area (Å²) in [7, 11) is -3.58. The van der Waals surface area contributed by atoms with E-state index in [9.17, 15) is 8.42 Å². The van der Waals surface area contributed by atoms with Gasteiger partial charge in [0.1, 0.15) is 0 Å². The van der Waals surface area contributed by atoms with Crippen LogP contribution in [0.5, 0.6) is 0 Å². The molecule has 0 fully saturated rings. The quantitative estimate of drug-likeness (QED) is 0.494. The highest BCUT2D eigenvalue weighted by atomic mass is 32.2. The second kappa shape index (κ2) is 2.06. The summed E-state index contributed by atoms with van der Waals surface area (Å²) in [6, 6.07) is 0. The van der Waals surface area contributed by atoms with Gasteiger partial charge in [0, 0.05) is 6.20 Å². The molecule has 0 bridgehead atoms. The molecule has 0 aromatic rings. The average molecular weight is 162 g/mol. The first-order valence-corrected chi connectivity index (χ1v) is 3.95. The van der Waals surface area contributed by atoms with Gasteiger partial charge in [-0.3, -0.25) is 0 Å². The molecule has 1 aliphatic heterocycles. The summed E-state index contributed by atoms with van der Waals surface area (Å²) in [6.45, 7) is -0.549. The van der Waals surface area contributed by atoms with Crippen molar-refractivity contribution in [3.63, 3.8) is 0 Å². The standard InChI is InChI=1S/C4H6N2O3S/c5-4-6-1-3(2-7)10(4,8)9/h1,7H,2H2,(H2,5,6). The summed E-state index contributed by atoms with van der Waals surface area (Å²) in [5.74, 6) is 0. The molecule has 3 N–H and O–H groups in total. The molecular formula is C4H6N2O3S. The summed E-state index contributed by atoms with van der Waals surface area (Å²) in [6.07, 6.45) is 1.05. The lowest BCUT2D eigenvalue weighted by Gasteiger charge is -1.95. The smallest absolute Gasteiger partial charge is 0.239 e. The minimum atomic E-state index is -3.58. The van der Waals surface area contributed by atoms with Crippen LogP contribution in [-0.2, 0) is 9.84 Å². The molecule has 5 nitrogen and oxygen atoms in total. The monoisotopic (exact) mass is 162 g/mol. The van der Waals surface area contributed by atoms with Gasteiger partial charge in [-0.2, -0.15) is 0 Å². The Morgan fingerprint density at radius 1 is 1.70 bits per heavy atom. The van der Waals surface area contributed by atoms with Crippen molar-refractivity contribution in [1.29, 1.82) is 0 Å². The van der Waals surface area contributed by atoms with Crippen molar-refractivity contribution < 1.29 is 13.5 Å². The molecule has 0 atom stereocenters. The third-order valence-corrected chi connectivity index (χ3v) is 2.69. The fourth-order valence-corrected chi connectivity index (χ4v) is 1.36. The largest absolute Gasteiger partial charge is 0.391 e. The fraction of sp³-hybridized carbons (Fsp3) is 0.250. The van der Waals surface area contributed by atoms with Crippen LogP contribution in [0.25, 0.3) is 0 Å². The Bertz CT molecular complexity index is 300. The van der Waals surface area contributed by atoms with Gasteiger partial charge in [-0.15, -0.1) is 0 Å². The Balaban J connectivity index is 3.14. The summed E-state index contributed by atoms with van der Waals surface area (Å²) < 4.78 is 21.7.